The van der Waals surface area contributed by atoms with Gasteiger partial charge in [-0.2, -0.15) is 0 Å². The van der Waals surface area contributed by atoms with E-state index < -0.39 is 24.0 Å². The third-order valence-corrected chi connectivity index (χ3v) is 5.50. The summed E-state index contributed by atoms with van der Waals surface area (Å²) >= 11 is 0. The predicted octanol–water partition coefficient (Wildman–Crippen LogP) is 3.69. The molecule has 0 fully saturated rings. The average Bonchev–Trinajstić information content (AvgIpc) is 3.10. The van der Waals surface area contributed by atoms with E-state index in [1.54, 1.807) is 0 Å². The highest BCUT2D eigenvalue weighted by atomic mass is 16.5. The van der Waals surface area contributed by atoms with Gasteiger partial charge in [-0.25, -0.2) is 9.59 Å². The molecule has 3 N–H and O–H groups in total. The lowest BCUT2D eigenvalue weighted by Gasteiger charge is -2.19. The molecular formula is C26H32N2O6. The maximum absolute atomic E-state index is 12.4. The van der Waals surface area contributed by atoms with Crippen molar-refractivity contribution in [2.75, 3.05) is 19.8 Å². The van der Waals surface area contributed by atoms with Crippen LogP contribution in [0.15, 0.2) is 48.5 Å². The minimum atomic E-state index is -1.39. The lowest BCUT2D eigenvalue weighted by atomic mass is 9.98. The molecule has 0 radical (unpaired) electrons. The molecule has 0 unspecified atom stereocenters. The van der Waals surface area contributed by atoms with Crippen LogP contribution in [0, 0.1) is 0 Å². The van der Waals surface area contributed by atoms with Gasteiger partial charge in [-0.05, 0) is 49.4 Å². The maximum Gasteiger partial charge on any atom is 0.407 e. The standard InChI is InChI=1S/C26H32N2O6/c1-26(2,3)34-14-8-13-27-23(29)15-22(24(30)31)28-25(32)33-16-21-19-11-6-4-9-17(19)18-10-5-7-12-20(18)21/h4-7,9-12,21-22H,8,13-16H2,1-3H3,(H,27,29)(H,28,32)(H,30,31)/t22-/m0/s1. The van der Waals surface area contributed by atoms with Crippen molar-refractivity contribution in [3.8, 4) is 11.1 Å². The van der Waals surface area contributed by atoms with E-state index in [-0.39, 0.29) is 24.5 Å². The molecule has 1 atom stereocenters. The first-order chi connectivity index (χ1) is 16.2. The highest BCUT2D eigenvalue weighted by Crippen LogP contribution is 2.44. The Kier molecular flexibility index (Phi) is 8.28. The van der Waals surface area contributed by atoms with E-state index in [2.05, 4.69) is 10.6 Å². The van der Waals surface area contributed by atoms with Crippen LogP contribution in [-0.4, -0.2) is 54.5 Å². The zero-order chi connectivity index (χ0) is 24.7. The highest BCUT2D eigenvalue weighted by molar-refractivity contribution is 5.87. The number of rotatable bonds is 10. The molecule has 1 aliphatic rings. The van der Waals surface area contributed by atoms with Crippen molar-refractivity contribution >= 4 is 18.0 Å². The maximum atomic E-state index is 12.4. The molecule has 3 rings (SSSR count). The van der Waals surface area contributed by atoms with Crippen LogP contribution in [0.3, 0.4) is 0 Å². The van der Waals surface area contributed by atoms with Gasteiger partial charge in [0.1, 0.15) is 12.6 Å². The van der Waals surface area contributed by atoms with Crippen LogP contribution in [-0.2, 0) is 19.1 Å². The molecule has 0 saturated carbocycles. The number of alkyl carbamates (subject to hydrolysis) is 1. The van der Waals surface area contributed by atoms with Gasteiger partial charge < -0.3 is 25.2 Å². The molecule has 2 aromatic rings. The number of carbonyl (C=O) groups is 3. The Hall–Kier alpha value is -3.39. The van der Waals surface area contributed by atoms with Gasteiger partial charge in [0.15, 0.2) is 0 Å². The largest absolute Gasteiger partial charge is 0.480 e. The highest BCUT2D eigenvalue weighted by Gasteiger charge is 2.30. The normalized spacial score (nSPS) is 13.5. The topological polar surface area (TPSA) is 114 Å². The van der Waals surface area contributed by atoms with Crippen molar-refractivity contribution in [3.63, 3.8) is 0 Å². The van der Waals surface area contributed by atoms with Crippen molar-refractivity contribution in [1.82, 2.24) is 10.6 Å². The van der Waals surface area contributed by atoms with Crippen molar-refractivity contribution in [2.45, 2.75) is 51.2 Å². The molecule has 2 amide bonds. The number of aliphatic carboxylic acids is 1. The number of benzene rings is 2. The number of hydrogen-bond donors (Lipinski definition) is 3. The molecule has 0 aliphatic heterocycles. The van der Waals surface area contributed by atoms with Gasteiger partial charge in [0, 0.05) is 19.1 Å². The van der Waals surface area contributed by atoms with Gasteiger partial charge in [-0.1, -0.05) is 48.5 Å². The number of fused-ring (bicyclic) bond motifs is 3. The van der Waals surface area contributed by atoms with E-state index in [9.17, 15) is 19.5 Å². The first-order valence-electron chi connectivity index (χ1n) is 11.4. The van der Waals surface area contributed by atoms with Crippen molar-refractivity contribution in [1.29, 1.82) is 0 Å². The molecule has 2 aromatic carbocycles. The number of carboxylic acid groups (broad SMARTS) is 1. The monoisotopic (exact) mass is 468 g/mol. The molecule has 0 spiro atoms. The van der Waals surface area contributed by atoms with E-state index >= 15 is 0 Å². The van der Waals surface area contributed by atoms with E-state index in [0.29, 0.717) is 19.6 Å². The lowest BCUT2D eigenvalue weighted by molar-refractivity contribution is -0.141. The molecule has 182 valence electrons. The number of amides is 2. The van der Waals surface area contributed by atoms with Crippen molar-refractivity contribution < 1.29 is 29.0 Å². The fourth-order valence-electron chi connectivity index (χ4n) is 3.92. The second kappa shape index (κ2) is 11.2. The first-order valence-corrected chi connectivity index (χ1v) is 11.4. The van der Waals surface area contributed by atoms with Crippen LogP contribution in [0.4, 0.5) is 4.79 Å². The Bertz CT molecular complexity index is 984. The molecule has 0 saturated heterocycles. The second-order valence-electron chi connectivity index (χ2n) is 9.23. The Morgan fingerprint density at radius 2 is 1.59 bits per heavy atom. The van der Waals surface area contributed by atoms with E-state index in [4.69, 9.17) is 9.47 Å². The molecule has 1 aliphatic carbocycles. The molecular weight excluding hydrogens is 436 g/mol. The Labute approximate surface area is 199 Å². The molecule has 8 nitrogen and oxygen atoms in total. The van der Waals surface area contributed by atoms with Crippen molar-refractivity contribution in [3.05, 3.63) is 59.7 Å². The average molecular weight is 469 g/mol. The van der Waals surface area contributed by atoms with Crippen LogP contribution in [0.1, 0.15) is 50.7 Å². The van der Waals surface area contributed by atoms with E-state index in [1.165, 1.54) is 0 Å². The van der Waals surface area contributed by atoms with Crippen LogP contribution in [0.25, 0.3) is 11.1 Å². The third-order valence-electron chi connectivity index (χ3n) is 5.50. The van der Waals surface area contributed by atoms with Crippen LogP contribution in [0.5, 0.6) is 0 Å². The number of hydrogen-bond acceptors (Lipinski definition) is 5. The summed E-state index contributed by atoms with van der Waals surface area (Å²) < 4.78 is 11.0. The predicted molar refractivity (Wildman–Crippen MR) is 128 cm³/mol. The lowest BCUT2D eigenvalue weighted by Crippen LogP contribution is -2.44. The van der Waals surface area contributed by atoms with Gasteiger partial charge in [0.05, 0.1) is 12.0 Å². The Morgan fingerprint density at radius 3 is 2.15 bits per heavy atom. The molecule has 0 aromatic heterocycles. The summed E-state index contributed by atoms with van der Waals surface area (Å²) in [7, 11) is 0. The Morgan fingerprint density at radius 1 is 1.00 bits per heavy atom. The summed E-state index contributed by atoms with van der Waals surface area (Å²) in [6, 6.07) is 14.5. The van der Waals surface area contributed by atoms with E-state index in [1.807, 2.05) is 69.3 Å². The molecule has 0 bridgehead atoms. The van der Waals surface area contributed by atoms with Gasteiger partial charge in [0.2, 0.25) is 5.91 Å². The van der Waals surface area contributed by atoms with Gasteiger partial charge in [-0.15, -0.1) is 0 Å². The van der Waals surface area contributed by atoms with Crippen LogP contribution in [0.2, 0.25) is 0 Å². The zero-order valence-electron chi connectivity index (χ0n) is 19.8. The van der Waals surface area contributed by atoms with E-state index in [0.717, 1.165) is 22.3 Å². The summed E-state index contributed by atoms with van der Waals surface area (Å²) in [5, 5.41) is 14.4. The molecule has 0 heterocycles. The number of carboxylic acids is 1. The number of carbonyl (C=O) groups excluding carboxylic acids is 2. The first kappa shape index (κ1) is 25.2. The SMILES string of the molecule is CC(C)(C)OCCCNC(=O)C[C@H](NC(=O)OCC1c2ccccc2-c2ccccc21)C(=O)O. The number of nitrogens with one attached hydrogen (secondary N) is 2. The minimum Gasteiger partial charge on any atom is -0.480 e. The summed E-state index contributed by atoms with van der Waals surface area (Å²) in [5.74, 6) is -1.91. The summed E-state index contributed by atoms with van der Waals surface area (Å²) in [4.78, 5) is 36.1. The van der Waals surface area contributed by atoms with Crippen molar-refractivity contribution in [2.24, 2.45) is 0 Å². The molecule has 8 heteroatoms. The summed E-state index contributed by atoms with van der Waals surface area (Å²) in [6.07, 6.45) is -0.666. The van der Waals surface area contributed by atoms with Gasteiger partial charge in [-0.3, -0.25) is 4.79 Å². The fraction of sp³-hybridized carbons (Fsp3) is 0.423. The summed E-state index contributed by atoms with van der Waals surface area (Å²) in [5.41, 5.74) is 4.05. The third kappa shape index (κ3) is 6.81. The fourth-order valence-corrected chi connectivity index (χ4v) is 3.92. The van der Waals surface area contributed by atoms with Gasteiger partial charge in [0.25, 0.3) is 0 Å². The Balaban J connectivity index is 1.49. The minimum absolute atomic E-state index is 0.0617. The second-order valence-corrected chi connectivity index (χ2v) is 9.23. The number of ether oxygens (including phenoxy) is 2. The van der Waals surface area contributed by atoms with Crippen LogP contribution < -0.4 is 10.6 Å². The smallest absolute Gasteiger partial charge is 0.407 e. The quantitative estimate of drug-likeness (QED) is 0.458. The molecule has 34 heavy (non-hydrogen) atoms. The zero-order valence-corrected chi connectivity index (χ0v) is 19.8. The van der Waals surface area contributed by atoms with Crippen LogP contribution >= 0.6 is 0 Å². The van der Waals surface area contributed by atoms with Gasteiger partial charge >= 0.3 is 12.1 Å². The summed E-state index contributed by atoms with van der Waals surface area (Å²) in [6.45, 7) is 6.72.